The van der Waals surface area contributed by atoms with Crippen LogP contribution in [0.1, 0.15) is 115 Å². The summed E-state index contributed by atoms with van der Waals surface area (Å²) in [5.74, 6) is -4.36. The monoisotopic (exact) mass is 937 g/mol. The minimum absolute atomic E-state index is 0. The van der Waals surface area contributed by atoms with Crippen LogP contribution < -0.4 is 10.5 Å². The summed E-state index contributed by atoms with van der Waals surface area (Å²) in [7, 11) is 1.32. The fraction of sp³-hybridized carbons (Fsp3) is 0.542. The Balaban J connectivity index is 0.000000209. The van der Waals surface area contributed by atoms with E-state index in [2.05, 4.69) is 0 Å². The molecule has 17 nitrogen and oxygen atoms in total. The van der Waals surface area contributed by atoms with Crippen LogP contribution in [0, 0.1) is 28.6 Å². The zero-order chi connectivity index (χ0) is 47.3. The van der Waals surface area contributed by atoms with Gasteiger partial charge in [0.05, 0.1) is 42.1 Å². The summed E-state index contributed by atoms with van der Waals surface area (Å²) in [4.78, 5) is 77.1. The van der Waals surface area contributed by atoms with Crippen LogP contribution in [-0.2, 0) is 35.1 Å². The van der Waals surface area contributed by atoms with Crippen molar-refractivity contribution in [2.24, 2.45) is 34.3 Å². The molecule has 356 valence electrons. The number of phenols is 2. The SMILES string of the molecule is COc1cccc2c1C(=O)c1c(O)c3c(c(O)c1C2=O)C[C@@](O)(C(=O)CO)C[C@@H]3O[C@H]1C[C@H](N)[C@H](O)[C@H](C)O1.C[C@]12C=CC(=O)C=C1CC[C@@H]1[C@@H]2C(=O)C[C@@]2(C)[C@H]1CC[C@]2(O)C(=O)CO.Cl. The number of phenolic OH excluding ortho intramolecular Hbond substituents is 2. The maximum Gasteiger partial charge on any atom is 0.202 e. The second-order valence-corrected chi connectivity index (χ2v) is 19.2. The number of ketones is 6. The second-order valence-electron chi connectivity index (χ2n) is 19.2. The summed E-state index contributed by atoms with van der Waals surface area (Å²) in [5, 5.41) is 74.2. The number of hydrogen-bond donors (Lipinski definition) is 8. The Morgan fingerprint density at radius 3 is 2.27 bits per heavy atom. The second kappa shape index (κ2) is 17.4. The minimum Gasteiger partial charge on any atom is -0.507 e. The van der Waals surface area contributed by atoms with E-state index in [9.17, 15) is 64.5 Å². The molecule has 9 N–H and O–H groups in total. The van der Waals surface area contributed by atoms with Crippen molar-refractivity contribution in [3.63, 3.8) is 0 Å². The highest BCUT2D eigenvalue weighted by atomic mass is 35.5. The Labute approximate surface area is 386 Å². The number of hydrogen-bond acceptors (Lipinski definition) is 17. The van der Waals surface area contributed by atoms with E-state index in [0.717, 1.165) is 18.4 Å². The summed E-state index contributed by atoms with van der Waals surface area (Å²) in [6.07, 6.45) is 2.70. The van der Waals surface area contributed by atoms with Crippen LogP contribution >= 0.6 is 12.4 Å². The van der Waals surface area contributed by atoms with Gasteiger partial charge >= 0.3 is 0 Å². The van der Waals surface area contributed by atoms with Crippen molar-refractivity contribution < 1.29 is 78.7 Å². The molecule has 0 amide bonds. The van der Waals surface area contributed by atoms with Crippen LogP contribution in [0.5, 0.6) is 17.2 Å². The fourth-order valence-corrected chi connectivity index (χ4v) is 12.4. The third-order valence-corrected chi connectivity index (χ3v) is 15.8. The largest absolute Gasteiger partial charge is 0.507 e. The molecule has 3 saturated carbocycles. The molecule has 0 bridgehead atoms. The van der Waals surface area contributed by atoms with Crippen LogP contribution in [0.25, 0.3) is 0 Å². The Morgan fingerprint density at radius 2 is 1.62 bits per heavy atom. The van der Waals surface area contributed by atoms with Gasteiger partial charge in [0.25, 0.3) is 0 Å². The molecule has 1 heterocycles. The highest BCUT2D eigenvalue weighted by molar-refractivity contribution is 6.31. The van der Waals surface area contributed by atoms with Gasteiger partial charge in [0.2, 0.25) is 5.78 Å². The molecule has 0 spiro atoms. The Morgan fingerprint density at radius 1 is 0.939 bits per heavy atom. The zero-order valence-electron chi connectivity index (χ0n) is 36.9. The van der Waals surface area contributed by atoms with E-state index >= 15 is 0 Å². The molecule has 0 aromatic heterocycles. The number of fused-ring (bicyclic) bond motifs is 8. The first-order chi connectivity index (χ1) is 30.6. The van der Waals surface area contributed by atoms with E-state index in [-0.39, 0.29) is 82.6 Å². The maximum atomic E-state index is 13.6. The highest BCUT2D eigenvalue weighted by Gasteiger charge is 2.68. The molecule has 12 atom stereocenters. The number of aromatic hydroxyl groups is 2. The lowest BCUT2D eigenvalue weighted by atomic mass is 9.46. The van der Waals surface area contributed by atoms with Crippen molar-refractivity contribution in [2.75, 3.05) is 20.3 Å². The van der Waals surface area contributed by atoms with Crippen LogP contribution in [0.3, 0.4) is 0 Å². The Hall–Kier alpha value is -4.69. The van der Waals surface area contributed by atoms with Gasteiger partial charge < -0.3 is 55.7 Å². The molecule has 1 aliphatic heterocycles. The first-order valence-corrected chi connectivity index (χ1v) is 21.9. The van der Waals surface area contributed by atoms with Gasteiger partial charge in [0.15, 0.2) is 29.4 Å². The standard InChI is InChI=1S/C27H29NO11.C21H26O5.ClH/c1-10-22(31)13(28)6-17(38-10)39-15-8-27(36,16(30)9-29)7-12-19(15)26(35)21-20(24(12)33)23(32)11-4-3-5-14(37-2)18(11)25(21)34;1-19-7-5-13(23)9-12(19)3-4-14-15-6-8-21(26,17(25)11-22)20(15,2)10-16(24)18(14)19;/h3-5,10,13,15,17,22,29,31,33,35-36H,6-9,28H2,1-2H3;5,7,9,14-15,18,22,26H,3-4,6,8,10-11H2,1-2H3;1H/t10-,13-,15-,17-,22+,27-;14-,15-,18+,19-,20-,21-;/m00./s1. The Kier molecular flexibility index (Phi) is 13.0. The van der Waals surface area contributed by atoms with Crippen molar-refractivity contribution in [2.45, 2.75) is 114 Å². The molecule has 0 radical (unpaired) electrons. The molecule has 6 aliphatic carbocycles. The molecular weight excluding hydrogens is 882 g/mol. The summed E-state index contributed by atoms with van der Waals surface area (Å²) in [5.41, 5.74) is 0.512. The molecule has 2 aromatic carbocycles. The lowest BCUT2D eigenvalue weighted by Gasteiger charge is -2.56. The van der Waals surface area contributed by atoms with Gasteiger partial charge in [0.1, 0.15) is 47.4 Å². The van der Waals surface area contributed by atoms with Gasteiger partial charge in [-0.05, 0) is 62.7 Å². The average Bonchev–Trinajstić information content (AvgIpc) is 3.54. The van der Waals surface area contributed by atoms with Crippen LogP contribution in [0.2, 0.25) is 0 Å². The van der Waals surface area contributed by atoms with Crippen molar-refractivity contribution >= 4 is 47.1 Å². The first kappa shape index (κ1) is 49.2. The van der Waals surface area contributed by atoms with Gasteiger partial charge in [-0.25, -0.2) is 0 Å². The van der Waals surface area contributed by atoms with Gasteiger partial charge in [-0.15, -0.1) is 12.4 Å². The van der Waals surface area contributed by atoms with Gasteiger partial charge in [-0.2, -0.15) is 0 Å². The van der Waals surface area contributed by atoms with Crippen LogP contribution in [-0.4, -0.2) is 127 Å². The minimum atomic E-state index is -2.24. The van der Waals surface area contributed by atoms with Crippen LogP contribution in [0.4, 0.5) is 0 Å². The van der Waals surface area contributed by atoms with E-state index in [1.165, 1.54) is 25.3 Å². The maximum absolute atomic E-state index is 13.6. The summed E-state index contributed by atoms with van der Waals surface area (Å²) in [6.45, 7) is 3.75. The van der Waals surface area contributed by atoms with Gasteiger partial charge in [-0.3, -0.25) is 28.8 Å². The molecule has 9 rings (SSSR count). The molecule has 0 unspecified atom stereocenters. The van der Waals surface area contributed by atoms with Crippen molar-refractivity contribution in [1.29, 1.82) is 0 Å². The number of benzene rings is 2. The normalized spacial score (nSPS) is 36.2. The first-order valence-electron chi connectivity index (χ1n) is 21.9. The number of carbonyl (C=O) groups excluding carboxylic acids is 6. The zero-order valence-corrected chi connectivity index (χ0v) is 37.8. The quantitative estimate of drug-likeness (QED) is 0.158. The molecule has 7 aliphatic rings. The van der Waals surface area contributed by atoms with Gasteiger partial charge in [0, 0.05) is 65.2 Å². The fourth-order valence-electron chi connectivity index (χ4n) is 12.4. The number of aliphatic hydroxyl groups excluding tert-OH is 3. The predicted molar refractivity (Wildman–Crippen MR) is 233 cm³/mol. The smallest absolute Gasteiger partial charge is 0.202 e. The van der Waals surface area contributed by atoms with E-state index in [1.54, 1.807) is 19.1 Å². The summed E-state index contributed by atoms with van der Waals surface area (Å²) >= 11 is 0. The molecule has 1 saturated heterocycles. The lowest BCUT2D eigenvalue weighted by Crippen LogP contribution is -2.60. The van der Waals surface area contributed by atoms with Crippen LogP contribution in [0.15, 0.2) is 42.0 Å². The third-order valence-electron chi connectivity index (χ3n) is 15.8. The van der Waals surface area contributed by atoms with E-state index < -0.39 is 124 Å². The summed E-state index contributed by atoms with van der Waals surface area (Å²) in [6, 6.07) is 3.64. The Bertz CT molecular complexity index is 2470. The number of Topliss-reactive ketones (excluding diaryl/α,β-unsaturated/α-hetero) is 3. The number of carbonyl (C=O) groups is 6. The number of allylic oxidation sites excluding steroid dienone is 4. The number of nitrogens with two attached hydrogens (primary N) is 1. The van der Waals surface area contributed by atoms with E-state index in [0.29, 0.717) is 12.8 Å². The topological polar surface area (TPSA) is 298 Å². The van der Waals surface area contributed by atoms with E-state index in [1.807, 2.05) is 19.9 Å². The van der Waals surface area contributed by atoms with Gasteiger partial charge in [-0.1, -0.05) is 37.6 Å². The predicted octanol–water partition coefficient (Wildman–Crippen LogP) is 2.19. The summed E-state index contributed by atoms with van der Waals surface area (Å²) < 4.78 is 17.0. The lowest BCUT2D eigenvalue weighted by molar-refractivity contribution is -0.247. The number of rotatable bonds is 7. The number of methoxy groups -OCH3 is 1. The number of halogens is 1. The molecule has 18 heteroatoms. The number of ether oxygens (including phenoxy) is 3. The van der Waals surface area contributed by atoms with Crippen molar-refractivity contribution in [3.8, 4) is 17.2 Å². The van der Waals surface area contributed by atoms with E-state index in [4.69, 9.17) is 19.9 Å². The molecular formula is C48H56ClNO16. The average molecular weight is 938 g/mol. The molecule has 66 heavy (non-hydrogen) atoms. The molecule has 4 fully saturated rings. The van der Waals surface area contributed by atoms with Crippen molar-refractivity contribution in [1.82, 2.24) is 0 Å². The highest BCUT2D eigenvalue weighted by Crippen LogP contribution is 2.66. The van der Waals surface area contributed by atoms with Crippen molar-refractivity contribution in [3.05, 3.63) is 75.4 Å². The third kappa shape index (κ3) is 7.29. The number of aliphatic hydroxyl groups is 5. The molecule has 2 aromatic rings.